The molecule has 0 aliphatic rings. The lowest BCUT2D eigenvalue weighted by Gasteiger charge is -2.18. The van der Waals surface area contributed by atoms with Crippen LogP contribution in [0.4, 0.5) is 0 Å². The first kappa shape index (κ1) is 12.8. The summed E-state index contributed by atoms with van der Waals surface area (Å²) in [6.07, 6.45) is -2.05. The number of halogens is 2. The summed E-state index contributed by atoms with van der Waals surface area (Å²) in [4.78, 5) is 0. The van der Waals surface area contributed by atoms with E-state index in [0.29, 0.717) is 11.3 Å². The Hall–Kier alpha value is -0.290. The fourth-order valence-electron chi connectivity index (χ4n) is 1.23. The maximum Gasteiger partial charge on any atom is 0.124 e. The number of hydrogen-bond acceptors (Lipinski definition) is 3. The summed E-state index contributed by atoms with van der Waals surface area (Å²) < 4.78 is 5.89. The van der Waals surface area contributed by atoms with Crippen molar-refractivity contribution < 1.29 is 14.9 Å². The number of ether oxygens (including phenoxy) is 1. The fourth-order valence-corrected chi connectivity index (χ4v) is 1.78. The molecule has 0 radical (unpaired) electrons. The third-order valence-electron chi connectivity index (χ3n) is 2.03. The average Bonchev–Trinajstić information content (AvgIpc) is 2.27. The van der Waals surface area contributed by atoms with Gasteiger partial charge in [-0.2, -0.15) is 0 Å². The van der Waals surface area contributed by atoms with Gasteiger partial charge in [-0.1, -0.05) is 15.9 Å². The average molecular weight is 296 g/mol. The van der Waals surface area contributed by atoms with E-state index >= 15 is 0 Å². The Bertz CT molecular complexity index is 332. The summed E-state index contributed by atoms with van der Waals surface area (Å²) in [6, 6.07) is 5.20. The van der Waals surface area contributed by atoms with E-state index in [2.05, 4.69) is 15.9 Å². The molecule has 0 saturated carbocycles. The quantitative estimate of drug-likeness (QED) is 0.836. The van der Waals surface area contributed by atoms with Gasteiger partial charge in [0.05, 0.1) is 19.1 Å². The molecular weight excluding hydrogens is 283 g/mol. The van der Waals surface area contributed by atoms with E-state index in [1.54, 1.807) is 18.2 Å². The van der Waals surface area contributed by atoms with Gasteiger partial charge in [0.25, 0.3) is 0 Å². The predicted molar refractivity (Wildman–Crippen MR) is 62.4 cm³/mol. The van der Waals surface area contributed by atoms with E-state index < -0.39 is 12.2 Å². The standard InChI is InChI=1S/C10H12BrClO3/c1-15-9-3-2-6(11)4-7(9)10(14)8(13)5-12/h2-4,8,10,13-14H,5H2,1H3. The van der Waals surface area contributed by atoms with Crippen molar-refractivity contribution in [2.75, 3.05) is 13.0 Å². The van der Waals surface area contributed by atoms with Crippen molar-refractivity contribution in [1.29, 1.82) is 0 Å². The Morgan fingerprint density at radius 3 is 2.67 bits per heavy atom. The number of rotatable bonds is 4. The summed E-state index contributed by atoms with van der Waals surface area (Å²) in [5, 5.41) is 19.2. The van der Waals surface area contributed by atoms with Crippen LogP contribution in [-0.2, 0) is 0 Å². The molecule has 0 amide bonds. The van der Waals surface area contributed by atoms with E-state index in [-0.39, 0.29) is 5.88 Å². The lowest BCUT2D eigenvalue weighted by Crippen LogP contribution is -2.20. The number of methoxy groups -OCH3 is 1. The second-order valence-electron chi connectivity index (χ2n) is 3.05. The lowest BCUT2D eigenvalue weighted by molar-refractivity contribution is 0.0312. The van der Waals surface area contributed by atoms with E-state index in [1.165, 1.54) is 7.11 Å². The summed E-state index contributed by atoms with van der Waals surface area (Å²) in [5.74, 6) is 0.492. The Labute approximate surface area is 102 Å². The van der Waals surface area contributed by atoms with Crippen molar-refractivity contribution >= 4 is 27.5 Å². The molecule has 0 spiro atoms. The highest BCUT2D eigenvalue weighted by Gasteiger charge is 2.21. The third-order valence-corrected chi connectivity index (χ3v) is 2.84. The van der Waals surface area contributed by atoms with Crippen LogP contribution in [0, 0.1) is 0 Å². The highest BCUT2D eigenvalue weighted by Crippen LogP contribution is 2.30. The molecule has 5 heteroatoms. The van der Waals surface area contributed by atoms with Crippen LogP contribution in [0.15, 0.2) is 22.7 Å². The molecule has 3 nitrogen and oxygen atoms in total. The molecule has 2 atom stereocenters. The second kappa shape index (κ2) is 5.70. The van der Waals surface area contributed by atoms with Gasteiger partial charge in [0.15, 0.2) is 0 Å². The van der Waals surface area contributed by atoms with Crippen LogP contribution >= 0.6 is 27.5 Å². The maximum absolute atomic E-state index is 9.79. The van der Waals surface area contributed by atoms with Crippen LogP contribution in [0.1, 0.15) is 11.7 Å². The SMILES string of the molecule is COc1ccc(Br)cc1C(O)C(O)CCl. The molecule has 1 rings (SSSR count). The third kappa shape index (κ3) is 3.08. The van der Waals surface area contributed by atoms with Crippen LogP contribution in [0.3, 0.4) is 0 Å². The number of aliphatic hydroxyl groups excluding tert-OH is 2. The first-order chi connectivity index (χ1) is 7.10. The van der Waals surface area contributed by atoms with Crippen LogP contribution < -0.4 is 4.74 Å². The maximum atomic E-state index is 9.79. The largest absolute Gasteiger partial charge is 0.496 e. The van der Waals surface area contributed by atoms with E-state index in [4.69, 9.17) is 16.3 Å². The zero-order valence-electron chi connectivity index (χ0n) is 8.15. The Morgan fingerprint density at radius 1 is 1.47 bits per heavy atom. The van der Waals surface area contributed by atoms with E-state index in [9.17, 15) is 10.2 Å². The van der Waals surface area contributed by atoms with Gasteiger partial charge in [-0.15, -0.1) is 11.6 Å². The van der Waals surface area contributed by atoms with E-state index in [0.717, 1.165) is 4.47 Å². The van der Waals surface area contributed by atoms with Crippen molar-refractivity contribution in [2.24, 2.45) is 0 Å². The monoisotopic (exact) mass is 294 g/mol. The highest BCUT2D eigenvalue weighted by molar-refractivity contribution is 9.10. The zero-order chi connectivity index (χ0) is 11.4. The zero-order valence-corrected chi connectivity index (χ0v) is 10.5. The predicted octanol–water partition coefficient (Wildman–Crippen LogP) is 2.09. The minimum absolute atomic E-state index is 0.0309. The van der Waals surface area contributed by atoms with Gasteiger partial charge in [-0.05, 0) is 18.2 Å². The fraction of sp³-hybridized carbons (Fsp3) is 0.400. The number of aliphatic hydroxyl groups is 2. The van der Waals surface area contributed by atoms with E-state index in [1.807, 2.05) is 0 Å². The van der Waals surface area contributed by atoms with Gasteiger partial charge in [-0.25, -0.2) is 0 Å². The van der Waals surface area contributed by atoms with Gasteiger partial charge in [0.2, 0.25) is 0 Å². The molecule has 1 aromatic carbocycles. The number of hydrogen-bond donors (Lipinski definition) is 2. The minimum Gasteiger partial charge on any atom is -0.496 e. The summed E-state index contributed by atoms with van der Waals surface area (Å²) in [7, 11) is 1.51. The van der Waals surface area contributed by atoms with Crippen molar-refractivity contribution in [3.63, 3.8) is 0 Å². The molecule has 0 aliphatic heterocycles. The van der Waals surface area contributed by atoms with Gasteiger partial charge >= 0.3 is 0 Å². The summed E-state index contributed by atoms with van der Waals surface area (Å²) in [5.41, 5.74) is 0.514. The number of alkyl halides is 1. The Balaban J connectivity index is 3.05. The van der Waals surface area contributed by atoms with Crippen LogP contribution in [0.2, 0.25) is 0 Å². The van der Waals surface area contributed by atoms with Gasteiger partial charge in [0.1, 0.15) is 11.9 Å². The molecule has 2 N–H and O–H groups in total. The molecule has 0 saturated heterocycles. The topological polar surface area (TPSA) is 49.7 Å². The van der Waals surface area contributed by atoms with Crippen LogP contribution in [-0.4, -0.2) is 29.3 Å². The smallest absolute Gasteiger partial charge is 0.124 e. The molecule has 0 aliphatic carbocycles. The first-order valence-corrected chi connectivity index (χ1v) is 5.68. The van der Waals surface area contributed by atoms with Crippen molar-refractivity contribution in [3.05, 3.63) is 28.2 Å². The molecule has 0 fully saturated rings. The normalized spacial score (nSPS) is 14.7. The second-order valence-corrected chi connectivity index (χ2v) is 4.28. The number of benzene rings is 1. The van der Waals surface area contributed by atoms with Gasteiger partial charge < -0.3 is 14.9 Å². The van der Waals surface area contributed by atoms with Crippen molar-refractivity contribution in [2.45, 2.75) is 12.2 Å². The lowest BCUT2D eigenvalue weighted by atomic mass is 10.0. The Kier molecular flexibility index (Phi) is 4.86. The van der Waals surface area contributed by atoms with Crippen molar-refractivity contribution in [3.8, 4) is 5.75 Å². The molecule has 2 unspecified atom stereocenters. The van der Waals surface area contributed by atoms with Crippen molar-refractivity contribution in [1.82, 2.24) is 0 Å². The minimum atomic E-state index is -1.05. The van der Waals surface area contributed by atoms with Crippen LogP contribution in [0.5, 0.6) is 5.75 Å². The molecule has 84 valence electrons. The molecule has 15 heavy (non-hydrogen) atoms. The Morgan fingerprint density at radius 2 is 2.13 bits per heavy atom. The molecule has 0 aromatic heterocycles. The highest BCUT2D eigenvalue weighted by atomic mass is 79.9. The summed E-state index contributed by atoms with van der Waals surface area (Å²) in [6.45, 7) is 0. The van der Waals surface area contributed by atoms with Gasteiger partial charge in [0, 0.05) is 10.0 Å². The molecule has 0 heterocycles. The molecule has 0 bridgehead atoms. The first-order valence-electron chi connectivity index (χ1n) is 4.35. The summed E-state index contributed by atoms with van der Waals surface area (Å²) >= 11 is 8.75. The van der Waals surface area contributed by atoms with Crippen LogP contribution in [0.25, 0.3) is 0 Å². The van der Waals surface area contributed by atoms with Gasteiger partial charge in [-0.3, -0.25) is 0 Å². The molecular formula is C10H12BrClO3. The molecule has 1 aromatic rings.